The van der Waals surface area contributed by atoms with E-state index in [-0.39, 0.29) is 16.3 Å². The fourth-order valence-corrected chi connectivity index (χ4v) is 4.19. The molecule has 0 bridgehead atoms. The van der Waals surface area contributed by atoms with Gasteiger partial charge in [-0.05, 0) is 49.4 Å². The average molecular weight is 469 g/mol. The number of rotatable bonds is 3. The molecule has 4 rings (SSSR count). The Balaban J connectivity index is 1.68. The molecule has 1 N–H and O–H groups in total. The van der Waals surface area contributed by atoms with Crippen LogP contribution in [0.5, 0.6) is 0 Å². The van der Waals surface area contributed by atoms with Gasteiger partial charge < -0.3 is 5.32 Å². The minimum atomic E-state index is -4.55. The van der Waals surface area contributed by atoms with Gasteiger partial charge in [-0.1, -0.05) is 12.1 Å². The Labute approximate surface area is 181 Å². The van der Waals surface area contributed by atoms with Crippen molar-refractivity contribution in [1.82, 2.24) is 9.78 Å². The van der Waals surface area contributed by atoms with Crippen molar-refractivity contribution in [3.63, 3.8) is 0 Å². The highest BCUT2D eigenvalue weighted by Crippen LogP contribution is 2.34. The second kappa shape index (κ2) is 7.66. The fraction of sp³-hybridized carbons (Fsp3) is 0.143. The number of anilines is 1. The molecule has 0 fully saturated rings. The number of aryl methyl sites for hydroxylation is 1. The summed E-state index contributed by atoms with van der Waals surface area (Å²) in [6.45, 7) is 1.65. The van der Waals surface area contributed by atoms with E-state index < -0.39 is 29.4 Å². The quantitative estimate of drug-likeness (QED) is 0.340. The van der Waals surface area contributed by atoms with Crippen LogP contribution in [-0.2, 0) is 12.4 Å². The van der Waals surface area contributed by atoms with E-state index in [9.17, 15) is 31.1 Å². The molecule has 0 aliphatic heterocycles. The molecule has 2 aromatic heterocycles. The summed E-state index contributed by atoms with van der Waals surface area (Å²) in [5.41, 5.74) is -1.10. The minimum absolute atomic E-state index is 0.0292. The van der Waals surface area contributed by atoms with Gasteiger partial charge in [-0.3, -0.25) is 4.79 Å². The second-order valence-corrected chi connectivity index (χ2v) is 7.94. The van der Waals surface area contributed by atoms with Crippen LogP contribution in [0.25, 0.3) is 15.9 Å². The van der Waals surface area contributed by atoms with E-state index in [0.29, 0.717) is 15.9 Å². The molecule has 0 aliphatic carbocycles. The zero-order valence-corrected chi connectivity index (χ0v) is 17.0. The molecule has 32 heavy (non-hydrogen) atoms. The molecule has 11 heteroatoms. The summed E-state index contributed by atoms with van der Waals surface area (Å²) >= 11 is 0.975. The van der Waals surface area contributed by atoms with Gasteiger partial charge in [0.2, 0.25) is 0 Å². The van der Waals surface area contributed by atoms with Crippen molar-refractivity contribution >= 4 is 33.1 Å². The Bertz CT molecular complexity index is 1320. The number of alkyl halides is 6. The summed E-state index contributed by atoms with van der Waals surface area (Å²) in [6.07, 6.45) is -9.08. The zero-order chi connectivity index (χ0) is 23.3. The van der Waals surface area contributed by atoms with Gasteiger partial charge in [-0.15, -0.1) is 11.3 Å². The SMILES string of the molecule is Cc1nn(-c2cccc(C(F)(F)F)c2)c2sc(C(=O)Nc3cccc(C(F)(F)F)c3)cc12. The van der Waals surface area contributed by atoms with Crippen molar-refractivity contribution in [2.24, 2.45) is 0 Å². The number of carbonyl (C=O) groups is 1. The third-order valence-corrected chi connectivity index (χ3v) is 5.74. The zero-order valence-electron chi connectivity index (χ0n) is 16.2. The molecular weight excluding hydrogens is 456 g/mol. The van der Waals surface area contributed by atoms with Crippen LogP contribution in [0, 0.1) is 6.92 Å². The molecule has 0 saturated carbocycles. The number of hydrogen-bond donors (Lipinski definition) is 1. The predicted octanol–water partition coefficient (Wildman–Crippen LogP) is 6.69. The third kappa shape index (κ3) is 4.20. The Kier molecular flexibility index (Phi) is 5.24. The van der Waals surface area contributed by atoms with Gasteiger partial charge in [-0.25, -0.2) is 4.68 Å². The molecule has 1 amide bonds. The van der Waals surface area contributed by atoms with Crippen LogP contribution in [0.15, 0.2) is 54.6 Å². The normalized spacial score (nSPS) is 12.3. The van der Waals surface area contributed by atoms with Gasteiger partial charge in [0.1, 0.15) is 4.83 Å². The average Bonchev–Trinajstić information content (AvgIpc) is 3.28. The van der Waals surface area contributed by atoms with E-state index in [4.69, 9.17) is 0 Å². The first-order valence-corrected chi connectivity index (χ1v) is 9.90. The lowest BCUT2D eigenvalue weighted by Gasteiger charge is -2.09. The molecule has 0 atom stereocenters. The number of benzene rings is 2. The Morgan fingerprint density at radius 1 is 0.938 bits per heavy atom. The highest BCUT2D eigenvalue weighted by Gasteiger charge is 2.31. The standard InChI is InChI=1S/C21H13F6N3OS/c1-11-16-10-17(18(31)28-14-6-2-4-12(8-14)20(22,23)24)32-19(16)30(29-11)15-7-3-5-13(9-15)21(25,26)27/h2-10H,1H3,(H,28,31). The Morgan fingerprint density at radius 3 is 2.22 bits per heavy atom. The monoisotopic (exact) mass is 469 g/mol. The fourth-order valence-electron chi connectivity index (χ4n) is 3.11. The van der Waals surface area contributed by atoms with Crippen molar-refractivity contribution in [3.05, 3.63) is 76.3 Å². The number of halogens is 6. The van der Waals surface area contributed by atoms with Gasteiger partial charge in [-0.2, -0.15) is 31.4 Å². The second-order valence-electron chi connectivity index (χ2n) is 6.91. The Hall–Kier alpha value is -3.34. The van der Waals surface area contributed by atoms with E-state index in [1.165, 1.54) is 35.0 Å². The molecule has 4 aromatic rings. The number of carbonyl (C=O) groups excluding carboxylic acids is 1. The maximum Gasteiger partial charge on any atom is 0.416 e. The number of aromatic nitrogens is 2. The topological polar surface area (TPSA) is 46.9 Å². The summed E-state index contributed by atoms with van der Waals surface area (Å²) in [6, 6.07) is 10.3. The van der Waals surface area contributed by atoms with E-state index in [1.807, 2.05) is 0 Å². The molecule has 0 spiro atoms. The summed E-state index contributed by atoms with van der Waals surface area (Å²) in [5.74, 6) is -0.638. The van der Waals surface area contributed by atoms with Crippen molar-refractivity contribution in [2.45, 2.75) is 19.3 Å². The maximum absolute atomic E-state index is 13.1. The number of thiophene rings is 1. The first kappa shape index (κ1) is 21.9. The highest BCUT2D eigenvalue weighted by molar-refractivity contribution is 7.20. The largest absolute Gasteiger partial charge is 0.416 e. The molecular formula is C21H13F6N3OS. The molecule has 166 valence electrons. The molecule has 0 unspecified atom stereocenters. The van der Waals surface area contributed by atoms with E-state index >= 15 is 0 Å². The first-order valence-electron chi connectivity index (χ1n) is 9.09. The highest BCUT2D eigenvalue weighted by atomic mass is 32.1. The van der Waals surface area contributed by atoms with Crippen LogP contribution in [0.1, 0.15) is 26.5 Å². The molecule has 0 saturated heterocycles. The number of amides is 1. The van der Waals surface area contributed by atoms with Gasteiger partial charge in [0.25, 0.3) is 5.91 Å². The van der Waals surface area contributed by atoms with Crippen LogP contribution < -0.4 is 5.32 Å². The molecule has 0 aliphatic rings. The first-order chi connectivity index (χ1) is 14.9. The van der Waals surface area contributed by atoms with Crippen molar-refractivity contribution in [3.8, 4) is 5.69 Å². The Morgan fingerprint density at radius 2 is 1.56 bits per heavy atom. The lowest BCUT2D eigenvalue weighted by Crippen LogP contribution is -2.12. The van der Waals surface area contributed by atoms with Gasteiger partial charge in [0.15, 0.2) is 0 Å². The van der Waals surface area contributed by atoms with Crippen LogP contribution in [0.3, 0.4) is 0 Å². The predicted molar refractivity (Wildman–Crippen MR) is 108 cm³/mol. The molecule has 4 nitrogen and oxygen atoms in total. The number of nitrogens with zero attached hydrogens (tertiary/aromatic N) is 2. The lowest BCUT2D eigenvalue weighted by molar-refractivity contribution is -0.138. The number of fused-ring (bicyclic) bond motifs is 1. The molecule has 2 aromatic carbocycles. The van der Waals surface area contributed by atoms with Crippen LogP contribution >= 0.6 is 11.3 Å². The van der Waals surface area contributed by atoms with Crippen LogP contribution in [-0.4, -0.2) is 15.7 Å². The van der Waals surface area contributed by atoms with Gasteiger partial charge in [0, 0.05) is 11.1 Å². The summed E-state index contributed by atoms with van der Waals surface area (Å²) in [7, 11) is 0. The third-order valence-electron chi connectivity index (χ3n) is 4.63. The summed E-state index contributed by atoms with van der Waals surface area (Å²) in [5, 5.41) is 7.25. The molecule has 0 radical (unpaired) electrons. The number of nitrogens with one attached hydrogen (secondary N) is 1. The molecule has 2 heterocycles. The maximum atomic E-state index is 13.1. The van der Waals surface area contributed by atoms with Crippen molar-refractivity contribution in [1.29, 1.82) is 0 Å². The smallest absolute Gasteiger partial charge is 0.321 e. The summed E-state index contributed by atoms with van der Waals surface area (Å²) in [4.78, 5) is 13.2. The lowest BCUT2D eigenvalue weighted by atomic mass is 10.2. The van der Waals surface area contributed by atoms with E-state index in [2.05, 4.69) is 10.4 Å². The van der Waals surface area contributed by atoms with E-state index in [0.717, 1.165) is 35.6 Å². The van der Waals surface area contributed by atoms with E-state index in [1.54, 1.807) is 6.92 Å². The number of hydrogen-bond acceptors (Lipinski definition) is 3. The van der Waals surface area contributed by atoms with Crippen LogP contribution in [0.4, 0.5) is 32.0 Å². The summed E-state index contributed by atoms with van der Waals surface area (Å²) < 4.78 is 79.2. The van der Waals surface area contributed by atoms with Crippen molar-refractivity contribution < 1.29 is 31.1 Å². The van der Waals surface area contributed by atoms with Gasteiger partial charge >= 0.3 is 12.4 Å². The minimum Gasteiger partial charge on any atom is -0.321 e. The van der Waals surface area contributed by atoms with Crippen molar-refractivity contribution in [2.75, 3.05) is 5.32 Å². The van der Waals surface area contributed by atoms with Crippen LogP contribution in [0.2, 0.25) is 0 Å². The van der Waals surface area contributed by atoms with Gasteiger partial charge in [0.05, 0.1) is 27.4 Å².